The van der Waals surface area contributed by atoms with Gasteiger partial charge in [-0.2, -0.15) is 5.10 Å². The Hall–Kier alpha value is -4.76. The first-order valence-electron chi connectivity index (χ1n) is 11.5. The molecule has 0 saturated heterocycles. The Balaban J connectivity index is 1.27. The third kappa shape index (κ3) is 4.05. The Labute approximate surface area is 216 Å². The smallest absolute Gasteiger partial charge is 0.273 e. The van der Waals surface area contributed by atoms with Crippen LogP contribution in [0.3, 0.4) is 0 Å². The Morgan fingerprint density at radius 3 is 2.59 bits per heavy atom. The van der Waals surface area contributed by atoms with E-state index in [0.717, 1.165) is 16.7 Å². The summed E-state index contributed by atoms with van der Waals surface area (Å²) in [5.74, 6) is -1.04. The molecule has 4 aromatic rings. The van der Waals surface area contributed by atoms with Gasteiger partial charge in [0.1, 0.15) is 5.82 Å². The average molecular weight is 511 g/mol. The standard InChI is InChI=1S/C27H19ClN6O3/c28-18-11-6-9-16-14-34(27(37)22(16)18)21-13-20(32-33-21)25(35)31-24-26(36)29-19-12-5-4-10-17(19)23(30-24)15-7-2-1-3-8-15/h1-13,24H,14H2,(H,29,36)(H,31,35)(H,32,33). The second kappa shape index (κ2) is 9.03. The number of rotatable bonds is 4. The Morgan fingerprint density at radius 2 is 1.78 bits per heavy atom. The second-order valence-corrected chi connectivity index (χ2v) is 8.97. The van der Waals surface area contributed by atoms with Gasteiger partial charge in [-0.3, -0.25) is 24.4 Å². The minimum atomic E-state index is -1.20. The van der Waals surface area contributed by atoms with E-state index in [1.54, 1.807) is 18.2 Å². The van der Waals surface area contributed by atoms with Gasteiger partial charge >= 0.3 is 0 Å². The molecule has 1 unspecified atom stereocenters. The lowest BCUT2D eigenvalue weighted by atomic mass is 10.0. The largest absolute Gasteiger partial charge is 0.322 e. The van der Waals surface area contributed by atoms with Crippen molar-refractivity contribution in [3.05, 3.63) is 112 Å². The fraction of sp³-hybridized carbons (Fsp3) is 0.0741. The highest BCUT2D eigenvalue weighted by atomic mass is 35.5. The lowest BCUT2D eigenvalue weighted by molar-refractivity contribution is -0.117. The van der Waals surface area contributed by atoms with Crippen LogP contribution in [-0.4, -0.2) is 39.8 Å². The van der Waals surface area contributed by atoms with E-state index >= 15 is 0 Å². The molecule has 3 aromatic carbocycles. The number of H-pyrrole nitrogens is 1. The number of carbonyl (C=O) groups excluding carboxylic acids is 3. The predicted octanol–water partition coefficient (Wildman–Crippen LogP) is 3.77. The SMILES string of the molecule is O=C(NC1N=C(c2ccccc2)c2ccccc2NC1=O)c1cc(N2Cc3cccc(Cl)c3C2=O)[nH]n1. The summed E-state index contributed by atoms with van der Waals surface area (Å²) in [7, 11) is 0. The molecule has 0 aliphatic carbocycles. The molecular formula is C27H19ClN6O3. The number of benzene rings is 3. The molecule has 3 heterocycles. The van der Waals surface area contributed by atoms with E-state index in [0.29, 0.717) is 34.3 Å². The summed E-state index contributed by atoms with van der Waals surface area (Å²) in [5, 5.41) is 12.7. The topological polar surface area (TPSA) is 120 Å². The van der Waals surface area contributed by atoms with Gasteiger partial charge in [0.15, 0.2) is 5.69 Å². The van der Waals surface area contributed by atoms with Gasteiger partial charge in [0.05, 0.1) is 28.5 Å². The maximum Gasteiger partial charge on any atom is 0.273 e. The molecule has 10 heteroatoms. The van der Waals surface area contributed by atoms with Crippen LogP contribution < -0.4 is 15.5 Å². The zero-order chi connectivity index (χ0) is 25.5. The van der Waals surface area contributed by atoms with Crippen molar-refractivity contribution < 1.29 is 14.4 Å². The fourth-order valence-corrected chi connectivity index (χ4v) is 4.73. The predicted molar refractivity (Wildman–Crippen MR) is 139 cm³/mol. The molecule has 182 valence electrons. The maximum atomic E-state index is 13.1. The molecule has 2 aliphatic heterocycles. The number of fused-ring (bicyclic) bond motifs is 2. The maximum absolute atomic E-state index is 13.1. The minimum Gasteiger partial charge on any atom is -0.322 e. The van der Waals surface area contributed by atoms with Crippen molar-refractivity contribution in [2.45, 2.75) is 12.7 Å². The molecule has 3 amide bonds. The average Bonchev–Trinajstić information content (AvgIpc) is 3.49. The zero-order valence-electron chi connectivity index (χ0n) is 19.2. The van der Waals surface area contributed by atoms with Crippen LogP contribution in [0.1, 0.15) is 37.5 Å². The number of nitrogens with one attached hydrogen (secondary N) is 3. The first kappa shape index (κ1) is 22.7. The summed E-state index contributed by atoms with van der Waals surface area (Å²) >= 11 is 6.21. The number of aromatic nitrogens is 2. The van der Waals surface area contributed by atoms with E-state index in [4.69, 9.17) is 11.6 Å². The van der Waals surface area contributed by atoms with E-state index < -0.39 is 18.0 Å². The number of benzodiazepines with no additional fused rings is 1. The molecule has 0 radical (unpaired) electrons. The lowest BCUT2D eigenvalue weighted by Gasteiger charge is -2.13. The number of halogens is 1. The monoisotopic (exact) mass is 510 g/mol. The van der Waals surface area contributed by atoms with Crippen molar-refractivity contribution in [3.8, 4) is 0 Å². The Kier molecular flexibility index (Phi) is 5.54. The highest BCUT2D eigenvalue weighted by molar-refractivity contribution is 6.35. The van der Waals surface area contributed by atoms with Crippen LogP contribution in [0.5, 0.6) is 0 Å². The number of carbonyl (C=O) groups is 3. The molecule has 2 aliphatic rings. The summed E-state index contributed by atoms with van der Waals surface area (Å²) in [6, 6.07) is 23.5. The van der Waals surface area contributed by atoms with Crippen LogP contribution in [0.2, 0.25) is 5.02 Å². The van der Waals surface area contributed by atoms with Gasteiger partial charge in [-0.15, -0.1) is 0 Å². The fourth-order valence-electron chi connectivity index (χ4n) is 4.46. The number of anilines is 2. The molecule has 37 heavy (non-hydrogen) atoms. The third-order valence-corrected chi connectivity index (χ3v) is 6.55. The van der Waals surface area contributed by atoms with Crippen LogP contribution in [0.4, 0.5) is 11.5 Å². The van der Waals surface area contributed by atoms with Gasteiger partial charge in [0, 0.05) is 17.2 Å². The van der Waals surface area contributed by atoms with Gasteiger partial charge in [-0.05, 0) is 17.7 Å². The van der Waals surface area contributed by atoms with Crippen LogP contribution >= 0.6 is 11.6 Å². The van der Waals surface area contributed by atoms with Crippen LogP contribution in [-0.2, 0) is 11.3 Å². The van der Waals surface area contributed by atoms with Gasteiger partial charge in [0.25, 0.3) is 17.7 Å². The minimum absolute atomic E-state index is 0.0101. The van der Waals surface area contributed by atoms with Crippen molar-refractivity contribution in [2.24, 2.45) is 4.99 Å². The molecule has 1 atom stereocenters. The van der Waals surface area contributed by atoms with Crippen molar-refractivity contribution in [3.63, 3.8) is 0 Å². The van der Waals surface area contributed by atoms with E-state index in [9.17, 15) is 14.4 Å². The second-order valence-electron chi connectivity index (χ2n) is 8.56. The van der Waals surface area contributed by atoms with Crippen LogP contribution in [0, 0.1) is 0 Å². The first-order chi connectivity index (χ1) is 18.0. The van der Waals surface area contributed by atoms with E-state index in [-0.39, 0.29) is 11.6 Å². The Bertz CT molecular complexity index is 1600. The summed E-state index contributed by atoms with van der Waals surface area (Å²) < 4.78 is 0. The summed E-state index contributed by atoms with van der Waals surface area (Å²) in [6.45, 7) is 0.298. The molecule has 9 nitrogen and oxygen atoms in total. The number of hydrogen-bond acceptors (Lipinski definition) is 5. The highest BCUT2D eigenvalue weighted by Gasteiger charge is 2.33. The van der Waals surface area contributed by atoms with Crippen molar-refractivity contribution in [2.75, 3.05) is 10.2 Å². The third-order valence-electron chi connectivity index (χ3n) is 6.24. The number of aliphatic imine (C=N–C) groups is 1. The number of para-hydroxylation sites is 1. The molecule has 0 spiro atoms. The summed E-state index contributed by atoms with van der Waals surface area (Å²) in [5.41, 5.74) is 3.94. The first-order valence-corrected chi connectivity index (χ1v) is 11.9. The number of aromatic amines is 1. The number of hydrogen-bond donors (Lipinski definition) is 3. The molecular weight excluding hydrogens is 492 g/mol. The molecule has 0 fully saturated rings. The molecule has 0 bridgehead atoms. The molecule has 6 rings (SSSR count). The normalized spacial score (nSPS) is 16.4. The van der Waals surface area contributed by atoms with Crippen LogP contribution in [0.25, 0.3) is 0 Å². The van der Waals surface area contributed by atoms with E-state index in [2.05, 4.69) is 25.8 Å². The van der Waals surface area contributed by atoms with Crippen molar-refractivity contribution >= 4 is 46.5 Å². The lowest BCUT2D eigenvalue weighted by Crippen LogP contribution is -2.42. The molecule has 0 saturated carbocycles. The van der Waals surface area contributed by atoms with Gasteiger partial charge in [-0.1, -0.05) is 72.3 Å². The molecule has 3 N–H and O–H groups in total. The van der Waals surface area contributed by atoms with Gasteiger partial charge in [0.2, 0.25) is 6.17 Å². The van der Waals surface area contributed by atoms with Crippen molar-refractivity contribution in [1.82, 2.24) is 15.5 Å². The van der Waals surface area contributed by atoms with Crippen molar-refractivity contribution in [1.29, 1.82) is 0 Å². The molecule has 1 aromatic heterocycles. The number of nitrogens with zero attached hydrogens (tertiary/aromatic N) is 3. The van der Waals surface area contributed by atoms with Gasteiger partial charge < -0.3 is 10.6 Å². The highest BCUT2D eigenvalue weighted by Crippen LogP contribution is 2.32. The zero-order valence-corrected chi connectivity index (χ0v) is 20.0. The van der Waals surface area contributed by atoms with E-state index in [1.807, 2.05) is 54.6 Å². The summed E-state index contributed by atoms with van der Waals surface area (Å²) in [6.07, 6.45) is -1.20. The number of amides is 3. The quantitative estimate of drug-likeness (QED) is 0.387. The van der Waals surface area contributed by atoms with Crippen LogP contribution in [0.15, 0.2) is 83.9 Å². The van der Waals surface area contributed by atoms with Gasteiger partial charge in [-0.25, -0.2) is 4.99 Å². The Morgan fingerprint density at radius 1 is 1.00 bits per heavy atom. The van der Waals surface area contributed by atoms with E-state index in [1.165, 1.54) is 11.0 Å². The summed E-state index contributed by atoms with van der Waals surface area (Å²) in [4.78, 5) is 45.1.